The molecule has 39 heavy (non-hydrogen) atoms. The van der Waals surface area contributed by atoms with Crippen LogP contribution in [0.1, 0.15) is 22.7 Å². The first-order valence-electron chi connectivity index (χ1n) is 12.4. The molecule has 0 saturated heterocycles. The van der Waals surface area contributed by atoms with Gasteiger partial charge in [-0.2, -0.15) is 0 Å². The van der Waals surface area contributed by atoms with Crippen LogP contribution in [0.3, 0.4) is 0 Å². The highest BCUT2D eigenvalue weighted by atomic mass is 19.1. The molecule has 0 aliphatic carbocycles. The molecule has 1 heterocycles. The topological polar surface area (TPSA) is 80.1 Å². The second kappa shape index (κ2) is 11.6. The smallest absolute Gasteiger partial charge is 0.247 e. The fraction of sp³-hybridized carbons (Fsp3) is 0.133. The predicted molar refractivity (Wildman–Crippen MR) is 142 cm³/mol. The van der Waals surface area contributed by atoms with Crippen molar-refractivity contribution in [3.05, 3.63) is 131 Å². The van der Waals surface area contributed by atoms with Gasteiger partial charge < -0.3 is 10.2 Å². The van der Waals surface area contributed by atoms with E-state index >= 15 is 0 Å². The normalized spacial score (nSPS) is 11.7. The number of amides is 2. The Kier molecular flexibility index (Phi) is 7.68. The van der Waals surface area contributed by atoms with Crippen molar-refractivity contribution in [3.63, 3.8) is 0 Å². The summed E-state index contributed by atoms with van der Waals surface area (Å²) in [5.41, 5.74) is 3.23. The summed E-state index contributed by atoms with van der Waals surface area (Å²) in [7, 11) is 0. The van der Waals surface area contributed by atoms with Crippen molar-refractivity contribution in [3.8, 4) is 0 Å². The Morgan fingerprint density at radius 1 is 0.795 bits per heavy atom. The average molecular weight is 526 g/mol. The molecule has 0 saturated carbocycles. The van der Waals surface area contributed by atoms with Crippen LogP contribution in [0.25, 0.3) is 11.0 Å². The van der Waals surface area contributed by atoms with Gasteiger partial charge in [-0.15, -0.1) is 5.10 Å². The van der Waals surface area contributed by atoms with Gasteiger partial charge in [-0.1, -0.05) is 71.9 Å². The van der Waals surface area contributed by atoms with Crippen LogP contribution in [-0.2, 0) is 29.2 Å². The maximum atomic E-state index is 13.9. The Morgan fingerprint density at radius 2 is 1.44 bits per heavy atom. The van der Waals surface area contributed by atoms with E-state index in [1.807, 2.05) is 42.5 Å². The molecular weight excluding hydrogens is 500 g/mol. The maximum absolute atomic E-state index is 13.9. The lowest BCUT2D eigenvalue weighted by Crippen LogP contribution is -2.44. The second-order valence-corrected chi connectivity index (χ2v) is 9.04. The molecule has 196 valence electrons. The number of halogens is 2. The summed E-state index contributed by atoms with van der Waals surface area (Å²) in [6.45, 7) is 0.0571. The number of benzene rings is 4. The van der Waals surface area contributed by atoms with Gasteiger partial charge in [0.05, 0.1) is 5.52 Å². The van der Waals surface area contributed by atoms with Crippen molar-refractivity contribution in [1.29, 1.82) is 0 Å². The zero-order chi connectivity index (χ0) is 27.2. The van der Waals surface area contributed by atoms with Gasteiger partial charge in [0, 0.05) is 13.1 Å². The zero-order valence-corrected chi connectivity index (χ0v) is 20.9. The van der Waals surface area contributed by atoms with Gasteiger partial charge in [-0.05, 0) is 53.1 Å². The number of para-hydroxylation sites is 1. The first-order valence-corrected chi connectivity index (χ1v) is 12.4. The Bertz CT molecular complexity index is 1570. The van der Waals surface area contributed by atoms with E-state index in [-0.39, 0.29) is 19.6 Å². The molecule has 1 aromatic heterocycles. The minimum Gasteiger partial charge on any atom is -0.350 e. The molecule has 0 unspecified atom stereocenters. The van der Waals surface area contributed by atoms with Crippen LogP contribution in [0, 0.1) is 11.6 Å². The molecule has 0 aliphatic rings. The average Bonchev–Trinajstić information content (AvgIpc) is 3.36. The van der Waals surface area contributed by atoms with Crippen LogP contribution in [0.15, 0.2) is 103 Å². The van der Waals surface area contributed by atoms with Crippen molar-refractivity contribution in [2.75, 3.05) is 0 Å². The van der Waals surface area contributed by atoms with E-state index in [0.717, 1.165) is 5.56 Å². The molecule has 4 aromatic carbocycles. The SMILES string of the molecule is O=C(NCc1ccccc1)[C@H](c1ccc(F)cc1)N(Cc1ccc(F)cc1)C(=O)Cn1nnc2ccccc21. The summed E-state index contributed by atoms with van der Waals surface area (Å²) in [4.78, 5) is 29.0. The number of hydrogen-bond acceptors (Lipinski definition) is 4. The molecule has 2 amide bonds. The van der Waals surface area contributed by atoms with Crippen molar-refractivity contribution >= 4 is 22.8 Å². The maximum Gasteiger partial charge on any atom is 0.247 e. The number of hydrogen-bond donors (Lipinski definition) is 1. The Hall–Kier alpha value is -4.92. The molecule has 0 bridgehead atoms. The van der Waals surface area contributed by atoms with Crippen LogP contribution in [0.2, 0.25) is 0 Å². The fourth-order valence-electron chi connectivity index (χ4n) is 4.36. The first kappa shape index (κ1) is 25.7. The third-order valence-corrected chi connectivity index (χ3v) is 6.35. The summed E-state index contributed by atoms with van der Waals surface area (Å²) in [6.07, 6.45) is 0. The fourth-order valence-corrected chi connectivity index (χ4v) is 4.36. The minimum atomic E-state index is -1.10. The monoisotopic (exact) mass is 525 g/mol. The molecule has 5 rings (SSSR count). The standard InChI is InChI=1S/C30H25F2N5O2/c31-24-14-10-22(11-15-24)19-36(28(38)20-37-27-9-5-4-8-26(27)34-35-37)29(23-12-16-25(32)17-13-23)30(39)33-18-21-6-2-1-3-7-21/h1-17,29H,18-20H2,(H,33,39)/t29-/m0/s1. The van der Waals surface area contributed by atoms with Crippen molar-refractivity contribution in [1.82, 2.24) is 25.2 Å². The highest BCUT2D eigenvalue weighted by Crippen LogP contribution is 2.25. The van der Waals surface area contributed by atoms with Crippen LogP contribution in [0.5, 0.6) is 0 Å². The molecule has 0 aliphatic heterocycles. The summed E-state index contributed by atoms with van der Waals surface area (Å²) in [6, 6.07) is 26.7. The molecule has 0 radical (unpaired) electrons. The third-order valence-electron chi connectivity index (χ3n) is 6.35. The Balaban J connectivity index is 1.51. The lowest BCUT2D eigenvalue weighted by molar-refractivity contribution is -0.142. The molecule has 0 spiro atoms. The summed E-state index contributed by atoms with van der Waals surface area (Å²) >= 11 is 0. The second-order valence-electron chi connectivity index (χ2n) is 9.04. The highest BCUT2D eigenvalue weighted by molar-refractivity contribution is 5.89. The van der Waals surface area contributed by atoms with Crippen molar-refractivity contribution < 1.29 is 18.4 Å². The van der Waals surface area contributed by atoms with Gasteiger partial charge >= 0.3 is 0 Å². The summed E-state index contributed by atoms with van der Waals surface area (Å²) in [5.74, 6) is -1.74. The van der Waals surface area contributed by atoms with Gasteiger partial charge in [0.2, 0.25) is 11.8 Å². The molecule has 0 fully saturated rings. The lowest BCUT2D eigenvalue weighted by atomic mass is 10.0. The minimum absolute atomic E-state index is 0.00649. The van der Waals surface area contributed by atoms with Gasteiger partial charge in [0.1, 0.15) is 29.7 Å². The van der Waals surface area contributed by atoms with E-state index < -0.39 is 29.5 Å². The largest absolute Gasteiger partial charge is 0.350 e. The predicted octanol–water partition coefficient (Wildman–Crippen LogP) is 4.80. The van der Waals surface area contributed by atoms with Crippen LogP contribution in [-0.4, -0.2) is 31.7 Å². The summed E-state index contributed by atoms with van der Waals surface area (Å²) < 4.78 is 28.9. The van der Waals surface area contributed by atoms with Crippen molar-refractivity contribution in [2.45, 2.75) is 25.7 Å². The highest BCUT2D eigenvalue weighted by Gasteiger charge is 2.32. The van der Waals surface area contributed by atoms with E-state index in [2.05, 4.69) is 15.6 Å². The Labute approximate surface area is 223 Å². The number of carbonyl (C=O) groups is 2. The number of fused-ring (bicyclic) bond motifs is 1. The molecule has 1 N–H and O–H groups in total. The number of nitrogens with zero attached hydrogens (tertiary/aromatic N) is 4. The number of aromatic nitrogens is 3. The zero-order valence-electron chi connectivity index (χ0n) is 20.9. The quantitative estimate of drug-likeness (QED) is 0.300. The van der Waals surface area contributed by atoms with E-state index in [1.54, 1.807) is 24.3 Å². The van der Waals surface area contributed by atoms with Crippen LogP contribution in [0.4, 0.5) is 8.78 Å². The molecule has 5 aromatic rings. The van der Waals surface area contributed by atoms with Gasteiger partial charge in [-0.25, -0.2) is 13.5 Å². The number of carbonyl (C=O) groups excluding carboxylic acids is 2. The van der Waals surface area contributed by atoms with E-state index in [4.69, 9.17) is 0 Å². The van der Waals surface area contributed by atoms with Gasteiger partial charge in [-0.3, -0.25) is 9.59 Å². The molecule has 1 atom stereocenters. The molecular formula is C30H25F2N5O2. The van der Waals surface area contributed by atoms with Gasteiger partial charge in [0.15, 0.2) is 0 Å². The van der Waals surface area contributed by atoms with E-state index in [9.17, 15) is 18.4 Å². The lowest BCUT2D eigenvalue weighted by Gasteiger charge is -2.31. The van der Waals surface area contributed by atoms with Crippen LogP contribution < -0.4 is 5.32 Å². The number of nitrogens with one attached hydrogen (secondary N) is 1. The van der Waals surface area contributed by atoms with Crippen LogP contribution >= 0.6 is 0 Å². The first-order chi connectivity index (χ1) is 19.0. The molecule has 9 heteroatoms. The van der Waals surface area contributed by atoms with E-state index in [1.165, 1.54) is 46.0 Å². The van der Waals surface area contributed by atoms with Gasteiger partial charge in [0.25, 0.3) is 0 Å². The van der Waals surface area contributed by atoms with Crippen molar-refractivity contribution in [2.24, 2.45) is 0 Å². The third kappa shape index (κ3) is 6.15. The molecule has 7 nitrogen and oxygen atoms in total. The Morgan fingerprint density at radius 3 is 2.15 bits per heavy atom. The number of rotatable bonds is 9. The summed E-state index contributed by atoms with van der Waals surface area (Å²) in [5, 5.41) is 11.1. The van der Waals surface area contributed by atoms with E-state index in [0.29, 0.717) is 22.2 Å².